The van der Waals surface area contributed by atoms with Crippen molar-refractivity contribution < 1.29 is 14.3 Å². The number of esters is 1. The number of carbonyl (C=O) groups is 2. The second-order valence-corrected chi connectivity index (χ2v) is 7.84. The molecule has 0 atom stereocenters. The van der Waals surface area contributed by atoms with Crippen molar-refractivity contribution >= 4 is 28.5 Å². The normalized spacial score (nSPS) is 10.7. The maximum absolute atomic E-state index is 13.1. The number of pyridine rings is 1. The fraction of sp³-hybridized carbons (Fsp3) is 0.148. The molecule has 1 aromatic heterocycles. The zero-order valence-electron chi connectivity index (χ0n) is 18.3. The second-order valence-electron chi connectivity index (χ2n) is 7.84. The van der Waals surface area contributed by atoms with Crippen molar-refractivity contribution in [1.29, 1.82) is 0 Å². The highest BCUT2D eigenvalue weighted by Gasteiger charge is 2.21. The maximum atomic E-state index is 13.1. The lowest BCUT2D eigenvalue weighted by Gasteiger charge is -2.14. The molecule has 4 rings (SSSR count). The summed E-state index contributed by atoms with van der Waals surface area (Å²) in [5, 5.41) is 3.45. The van der Waals surface area contributed by atoms with E-state index in [2.05, 4.69) is 5.32 Å². The number of nitrogens with one attached hydrogen (secondary N) is 1. The van der Waals surface area contributed by atoms with Gasteiger partial charge in [-0.3, -0.25) is 4.79 Å². The number of ether oxygens (including phenoxy) is 1. The molecule has 4 aromatic rings. The van der Waals surface area contributed by atoms with Gasteiger partial charge in [0.15, 0.2) is 6.61 Å². The summed E-state index contributed by atoms with van der Waals surface area (Å²) in [6, 6.07) is 22.9. The fourth-order valence-corrected chi connectivity index (χ4v) is 3.69. The van der Waals surface area contributed by atoms with E-state index in [9.17, 15) is 9.59 Å². The molecular formula is C27H24N2O3. The molecule has 0 saturated heterocycles. The van der Waals surface area contributed by atoms with E-state index in [0.717, 1.165) is 27.9 Å². The summed E-state index contributed by atoms with van der Waals surface area (Å²) in [6.07, 6.45) is 0. The average Bonchev–Trinajstić information content (AvgIpc) is 2.78. The van der Waals surface area contributed by atoms with Crippen LogP contribution in [0.5, 0.6) is 0 Å². The molecule has 160 valence electrons. The lowest BCUT2D eigenvalue weighted by atomic mass is 9.97. The Kier molecular flexibility index (Phi) is 5.99. The molecule has 5 heteroatoms. The Hall–Kier alpha value is -3.99. The van der Waals surface area contributed by atoms with Gasteiger partial charge in [0.25, 0.3) is 5.91 Å². The Balaban J connectivity index is 1.62. The smallest absolute Gasteiger partial charge is 0.339 e. The molecule has 32 heavy (non-hydrogen) atoms. The zero-order chi connectivity index (χ0) is 22.7. The quantitative estimate of drug-likeness (QED) is 0.422. The van der Waals surface area contributed by atoms with Crippen LogP contribution in [0.4, 0.5) is 5.69 Å². The van der Waals surface area contributed by atoms with Crippen LogP contribution in [0.1, 0.15) is 27.0 Å². The highest BCUT2D eigenvalue weighted by atomic mass is 16.5. The fourth-order valence-electron chi connectivity index (χ4n) is 3.69. The largest absolute Gasteiger partial charge is 0.452 e. The molecular weight excluding hydrogens is 400 g/mol. The lowest BCUT2D eigenvalue weighted by molar-refractivity contribution is -0.119. The van der Waals surface area contributed by atoms with Crippen LogP contribution in [-0.4, -0.2) is 23.5 Å². The molecule has 0 spiro atoms. The second kappa shape index (κ2) is 9.02. The summed E-state index contributed by atoms with van der Waals surface area (Å²) in [7, 11) is 0. The minimum Gasteiger partial charge on any atom is -0.452 e. The summed E-state index contributed by atoms with van der Waals surface area (Å²) in [5.41, 5.74) is 6.33. The molecule has 0 radical (unpaired) electrons. The van der Waals surface area contributed by atoms with Gasteiger partial charge in [0, 0.05) is 16.6 Å². The summed E-state index contributed by atoms with van der Waals surface area (Å²) in [6.45, 7) is 5.45. The lowest BCUT2D eigenvalue weighted by Crippen LogP contribution is -2.21. The van der Waals surface area contributed by atoms with Crippen molar-refractivity contribution in [1.82, 2.24) is 4.98 Å². The highest BCUT2D eigenvalue weighted by molar-refractivity contribution is 6.07. The average molecular weight is 425 g/mol. The van der Waals surface area contributed by atoms with Gasteiger partial charge in [-0.2, -0.15) is 0 Å². The van der Waals surface area contributed by atoms with E-state index >= 15 is 0 Å². The highest BCUT2D eigenvalue weighted by Crippen LogP contribution is 2.30. The van der Waals surface area contributed by atoms with Crippen LogP contribution in [0.2, 0.25) is 0 Å². The Morgan fingerprint density at radius 1 is 0.875 bits per heavy atom. The van der Waals surface area contributed by atoms with Crippen molar-refractivity contribution in [3.63, 3.8) is 0 Å². The van der Waals surface area contributed by atoms with Crippen LogP contribution >= 0.6 is 0 Å². The number of hydrogen-bond acceptors (Lipinski definition) is 4. The molecule has 0 bridgehead atoms. The third-order valence-electron chi connectivity index (χ3n) is 5.30. The number of aryl methyl sites for hydroxylation is 2. The molecule has 0 fully saturated rings. The van der Waals surface area contributed by atoms with Crippen molar-refractivity contribution in [2.45, 2.75) is 20.8 Å². The van der Waals surface area contributed by atoms with Gasteiger partial charge < -0.3 is 10.1 Å². The van der Waals surface area contributed by atoms with Gasteiger partial charge in [0.2, 0.25) is 0 Å². The molecule has 1 heterocycles. The van der Waals surface area contributed by atoms with Crippen molar-refractivity contribution in [3.8, 4) is 11.3 Å². The Labute approximate surface area is 187 Å². The van der Waals surface area contributed by atoms with Gasteiger partial charge in [-0.15, -0.1) is 0 Å². The topological polar surface area (TPSA) is 68.3 Å². The molecule has 0 unspecified atom stereocenters. The standard InChI is InChI=1S/C27H24N2O3/c1-17-11-13-20(14-12-17)26-19(3)25(22-9-4-5-10-23(22)29-26)27(31)32-16-24(30)28-21-8-6-7-18(2)15-21/h4-15H,16H2,1-3H3,(H,28,30). The number of hydrogen-bond donors (Lipinski definition) is 1. The Bertz CT molecular complexity index is 1310. The van der Waals surface area contributed by atoms with Gasteiger partial charge in [-0.05, 0) is 50.1 Å². The monoisotopic (exact) mass is 424 g/mol. The molecule has 0 aliphatic heterocycles. The van der Waals surface area contributed by atoms with E-state index in [1.165, 1.54) is 0 Å². The molecule has 1 N–H and O–H groups in total. The SMILES string of the molecule is Cc1ccc(-c2nc3ccccc3c(C(=O)OCC(=O)Nc3cccc(C)c3)c2C)cc1. The van der Waals surface area contributed by atoms with E-state index in [1.54, 1.807) is 6.07 Å². The number of aromatic nitrogens is 1. The van der Waals surface area contributed by atoms with Crippen LogP contribution < -0.4 is 5.32 Å². The first-order valence-electron chi connectivity index (χ1n) is 10.4. The van der Waals surface area contributed by atoms with E-state index in [4.69, 9.17) is 9.72 Å². The summed E-state index contributed by atoms with van der Waals surface area (Å²) >= 11 is 0. The zero-order valence-corrected chi connectivity index (χ0v) is 18.3. The summed E-state index contributed by atoms with van der Waals surface area (Å²) in [5.74, 6) is -0.937. The predicted octanol–water partition coefficient (Wildman–Crippen LogP) is 5.62. The maximum Gasteiger partial charge on any atom is 0.339 e. The van der Waals surface area contributed by atoms with E-state index in [0.29, 0.717) is 22.2 Å². The number of carbonyl (C=O) groups excluding carboxylic acids is 2. The van der Waals surface area contributed by atoms with Crippen molar-refractivity contribution in [2.75, 3.05) is 11.9 Å². The van der Waals surface area contributed by atoms with Gasteiger partial charge in [0.05, 0.1) is 16.8 Å². The van der Waals surface area contributed by atoms with Gasteiger partial charge in [0.1, 0.15) is 0 Å². The van der Waals surface area contributed by atoms with Gasteiger partial charge in [-0.25, -0.2) is 9.78 Å². The molecule has 3 aromatic carbocycles. The molecule has 1 amide bonds. The third kappa shape index (κ3) is 4.52. The van der Waals surface area contributed by atoms with Gasteiger partial charge in [-0.1, -0.05) is 60.2 Å². The van der Waals surface area contributed by atoms with Crippen molar-refractivity contribution in [3.05, 3.63) is 95.1 Å². The van der Waals surface area contributed by atoms with Crippen LogP contribution in [0.25, 0.3) is 22.2 Å². The van der Waals surface area contributed by atoms with E-state index in [1.807, 2.05) is 87.5 Å². The predicted molar refractivity (Wildman–Crippen MR) is 127 cm³/mol. The van der Waals surface area contributed by atoms with Crippen molar-refractivity contribution in [2.24, 2.45) is 0 Å². The van der Waals surface area contributed by atoms with Crippen LogP contribution in [0.15, 0.2) is 72.8 Å². The first-order valence-corrected chi connectivity index (χ1v) is 10.4. The Morgan fingerprint density at radius 3 is 2.38 bits per heavy atom. The number of amides is 1. The minimum atomic E-state index is -0.547. The molecule has 0 aliphatic rings. The molecule has 0 saturated carbocycles. The number of benzene rings is 3. The first kappa shape index (κ1) is 21.2. The van der Waals surface area contributed by atoms with Gasteiger partial charge >= 0.3 is 5.97 Å². The molecule has 0 aliphatic carbocycles. The summed E-state index contributed by atoms with van der Waals surface area (Å²) in [4.78, 5) is 30.2. The number of anilines is 1. The Morgan fingerprint density at radius 2 is 1.62 bits per heavy atom. The van der Waals surface area contributed by atoms with Crippen LogP contribution in [0, 0.1) is 20.8 Å². The van der Waals surface area contributed by atoms with E-state index < -0.39 is 11.9 Å². The number of para-hydroxylation sites is 1. The van der Waals surface area contributed by atoms with Crippen LogP contribution in [0.3, 0.4) is 0 Å². The first-order chi connectivity index (χ1) is 15.4. The minimum absolute atomic E-state index is 0.372. The summed E-state index contributed by atoms with van der Waals surface area (Å²) < 4.78 is 5.41. The van der Waals surface area contributed by atoms with E-state index in [-0.39, 0.29) is 6.61 Å². The number of rotatable bonds is 5. The third-order valence-corrected chi connectivity index (χ3v) is 5.30. The molecule has 5 nitrogen and oxygen atoms in total. The van der Waals surface area contributed by atoms with Crippen LogP contribution in [-0.2, 0) is 9.53 Å². The number of nitrogens with zero attached hydrogens (tertiary/aromatic N) is 1. The number of fused-ring (bicyclic) bond motifs is 1.